The van der Waals surface area contributed by atoms with E-state index < -0.39 is 11.0 Å². The highest BCUT2D eigenvalue weighted by atomic mass is 32.2. The highest BCUT2D eigenvalue weighted by Crippen LogP contribution is 2.59. The zero-order valence-electron chi connectivity index (χ0n) is 23.1. The van der Waals surface area contributed by atoms with Crippen molar-refractivity contribution in [2.45, 2.75) is 134 Å². The van der Waals surface area contributed by atoms with Gasteiger partial charge in [0.05, 0.1) is 16.4 Å². The van der Waals surface area contributed by atoms with Crippen LogP contribution in [0.5, 0.6) is 0 Å². The SMILES string of the molecule is CCC(C)(C)C(=O)OC12CC3CC(CC(O)(C3)C1)C2.CCC(C)(C)C(=O)OC1CSC(C)C(C)S1. The van der Waals surface area contributed by atoms with Crippen LogP contribution in [0.1, 0.15) is 107 Å². The molecule has 0 aromatic carbocycles. The predicted octanol–water partition coefficient (Wildman–Crippen LogP) is 6.60. The molecule has 1 heterocycles. The van der Waals surface area contributed by atoms with Crippen molar-refractivity contribution in [3.8, 4) is 0 Å². The monoisotopic (exact) mass is 528 g/mol. The Bertz CT molecular complexity index is 765. The van der Waals surface area contributed by atoms with Crippen LogP contribution in [0.25, 0.3) is 0 Å². The molecule has 5 fully saturated rings. The van der Waals surface area contributed by atoms with Crippen molar-refractivity contribution in [1.29, 1.82) is 0 Å². The number of carbonyl (C=O) groups excluding carboxylic acids is 2. The number of hydrogen-bond donors (Lipinski definition) is 1. The molecule has 5 atom stereocenters. The van der Waals surface area contributed by atoms with E-state index in [1.54, 1.807) is 11.8 Å². The van der Waals surface area contributed by atoms with Gasteiger partial charge in [-0.15, -0.1) is 11.8 Å². The van der Waals surface area contributed by atoms with Gasteiger partial charge >= 0.3 is 11.9 Å². The highest BCUT2D eigenvalue weighted by Gasteiger charge is 2.59. The van der Waals surface area contributed by atoms with Crippen LogP contribution in [-0.2, 0) is 19.1 Å². The van der Waals surface area contributed by atoms with Gasteiger partial charge in [-0.3, -0.25) is 9.59 Å². The van der Waals surface area contributed by atoms with Gasteiger partial charge in [0.15, 0.2) is 5.44 Å². The van der Waals surface area contributed by atoms with E-state index >= 15 is 0 Å². The lowest BCUT2D eigenvalue weighted by molar-refractivity contribution is -0.225. The molecule has 1 saturated heterocycles. The second kappa shape index (κ2) is 10.8. The summed E-state index contributed by atoms with van der Waals surface area (Å²) >= 11 is 3.68. The Labute approximate surface area is 221 Å². The number of ether oxygens (including phenoxy) is 2. The third-order valence-corrected chi connectivity index (χ3v) is 12.1. The van der Waals surface area contributed by atoms with Gasteiger partial charge in [0.2, 0.25) is 0 Å². The molecular formula is C28H48O5S2. The second-order valence-electron chi connectivity index (χ2n) is 12.9. The zero-order valence-corrected chi connectivity index (χ0v) is 24.8. The molecule has 1 aliphatic heterocycles. The van der Waals surface area contributed by atoms with E-state index in [0.717, 1.165) is 44.3 Å². The van der Waals surface area contributed by atoms with Crippen molar-refractivity contribution in [3.63, 3.8) is 0 Å². The molecule has 5 unspecified atom stereocenters. The first-order valence-electron chi connectivity index (χ1n) is 13.6. The Balaban J connectivity index is 0.000000199. The maximum absolute atomic E-state index is 12.4. The molecule has 4 bridgehead atoms. The average Bonchev–Trinajstić information content (AvgIpc) is 2.74. The molecule has 35 heavy (non-hydrogen) atoms. The molecule has 0 aromatic rings. The van der Waals surface area contributed by atoms with Gasteiger partial charge in [-0.1, -0.05) is 27.7 Å². The summed E-state index contributed by atoms with van der Waals surface area (Å²) in [6.07, 6.45) is 7.27. The van der Waals surface area contributed by atoms with Gasteiger partial charge in [0, 0.05) is 22.7 Å². The molecule has 4 aliphatic carbocycles. The van der Waals surface area contributed by atoms with E-state index in [0.29, 0.717) is 28.8 Å². The van der Waals surface area contributed by atoms with E-state index in [-0.39, 0.29) is 28.4 Å². The molecule has 202 valence electrons. The van der Waals surface area contributed by atoms with Crippen molar-refractivity contribution in [1.82, 2.24) is 0 Å². The van der Waals surface area contributed by atoms with Crippen LogP contribution >= 0.6 is 23.5 Å². The Morgan fingerprint density at radius 1 is 0.914 bits per heavy atom. The first-order valence-corrected chi connectivity index (χ1v) is 15.6. The summed E-state index contributed by atoms with van der Waals surface area (Å²) < 4.78 is 11.5. The molecule has 0 radical (unpaired) electrons. The van der Waals surface area contributed by atoms with Crippen LogP contribution in [0.2, 0.25) is 0 Å². The normalized spacial score (nSPS) is 38.4. The second-order valence-corrected chi connectivity index (χ2v) is 15.9. The van der Waals surface area contributed by atoms with Crippen LogP contribution in [0.3, 0.4) is 0 Å². The molecule has 7 heteroatoms. The minimum atomic E-state index is -0.555. The molecule has 5 rings (SSSR count). The van der Waals surface area contributed by atoms with Crippen molar-refractivity contribution in [2.75, 3.05) is 5.75 Å². The van der Waals surface area contributed by atoms with Gasteiger partial charge in [-0.2, -0.15) is 11.8 Å². The molecule has 0 aromatic heterocycles. The summed E-state index contributed by atoms with van der Waals surface area (Å²) in [7, 11) is 0. The van der Waals surface area contributed by atoms with Crippen LogP contribution < -0.4 is 0 Å². The minimum Gasteiger partial charge on any atom is -0.459 e. The third kappa shape index (κ3) is 6.93. The van der Waals surface area contributed by atoms with E-state index in [1.165, 1.54) is 6.42 Å². The smallest absolute Gasteiger partial charge is 0.312 e. The highest BCUT2D eigenvalue weighted by molar-refractivity contribution is 8.07. The number of thioether (sulfide) groups is 2. The lowest BCUT2D eigenvalue weighted by Crippen LogP contribution is -2.61. The summed E-state index contributed by atoms with van der Waals surface area (Å²) in [6.45, 7) is 16.3. The molecule has 5 aliphatic rings. The molecular weight excluding hydrogens is 480 g/mol. The van der Waals surface area contributed by atoms with E-state index in [4.69, 9.17) is 9.47 Å². The van der Waals surface area contributed by atoms with Crippen LogP contribution in [0.15, 0.2) is 0 Å². The summed E-state index contributed by atoms with van der Waals surface area (Å²) in [5.74, 6) is 1.89. The van der Waals surface area contributed by atoms with Crippen LogP contribution in [-0.4, -0.2) is 49.9 Å². The van der Waals surface area contributed by atoms with Crippen LogP contribution in [0.4, 0.5) is 0 Å². The molecule has 0 amide bonds. The Morgan fingerprint density at radius 3 is 1.94 bits per heavy atom. The van der Waals surface area contributed by atoms with Crippen LogP contribution in [0, 0.1) is 22.7 Å². The maximum Gasteiger partial charge on any atom is 0.312 e. The zero-order chi connectivity index (χ0) is 26.2. The summed E-state index contributed by atoms with van der Waals surface area (Å²) in [4.78, 5) is 24.3. The number of rotatable bonds is 6. The minimum absolute atomic E-state index is 0.0366. The number of carbonyl (C=O) groups is 2. The maximum atomic E-state index is 12.4. The molecule has 1 N–H and O–H groups in total. The molecule has 0 spiro atoms. The van der Waals surface area contributed by atoms with Gasteiger partial charge in [0.1, 0.15) is 5.60 Å². The lowest BCUT2D eigenvalue weighted by Gasteiger charge is -2.59. The summed E-state index contributed by atoms with van der Waals surface area (Å²) in [5.41, 5.74) is -1.64. The van der Waals surface area contributed by atoms with E-state index in [9.17, 15) is 14.7 Å². The lowest BCUT2D eigenvalue weighted by atomic mass is 9.52. The number of esters is 2. The predicted molar refractivity (Wildman–Crippen MR) is 145 cm³/mol. The number of aliphatic hydroxyl groups is 1. The van der Waals surface area contributed by atoms with Crippen molar-refractivity contribution < 1.29 is 24.2 Å². The van der Waals surface area contributed by atoms with Crippen molar-refractivity contribution in [3.05, 3.63) is 0 Å². The van der Waals surface area contributed by atoms with Gasteiger partial charge in [-0.25, -0.2) is 0 Å². The van der Waals surface area contributed by atoms with Gasteiger partial charge in [-0.05, 0) is 84.5 Å². The Kier molecular flexibility index (Phi) is 8.97. The topological polar surface area (TPSA) is 72.8 Å². The van der Waals surface area contributed by atoms with Crippen molar-refractivity contribution in [2.24, 2.45) is 22.7 Å². The largest absolute Gasteiger partial charge is 0.459 e. The fourth-order valence-corrected chi connectivity index (χ4v) is 8.59. The number of hydrogen-bond acceptors (Lipinski definition) is 7. The fraction of sp³-hybridized carbons (Fsp3) is 0.929. The molecule has 4 saturated carbocycles. The van der Waals surface area contributed by atoms with E-state index in [1.807, 2.05) is 53.3 Å². The quantitative estimate of drug-likeness (QED) is 0.389. The first-order chi connectivity index (χ1) is 16.1. The Hall–Kier alpha value is -0.400. The van der Waals surface area contributed by atoms with Gasteiger partial charge in [0.25, 0.3) is 0 Å². The standard InChI is InChI=1S/C16H26O3.C12H22O2S2/c1-4-14(2,3)13(17)19-16-8-11-5-12(9-16)7-15(18,6-11)10-16;1-6-12(4,5)11(13)14-10-7-15-8(2)9(3)16-10/h11-12,18H,4-10H2,1-3H3;8-10H,6-7H2,1-5H3. The van der Waals surface area contributed by atoms with E-state index in [2.05, 4.69) is 13.8 Å². The summed E-state index contributed by atoms with van der Waals surface area (Å²) in [6, 6.07) is 0. The average molecular weight is 529 g/mol. The van der Waals surface area contributed by atoms with Gasteiger partial charge < -0.3 is 14.6 Å². The Morgan fingerprint density at radius 2 is 1.46 bits per heavy atom. The third-order valence-electron chi connectivity index (χ3n) is 8.92. The molecule has 5 nitrogen and oxygen atoms in total. The van der Waals surface area contributed by atoms with Crippen molar-refractivity contribution >= 4 is 35.5 Å². The first kappa shape index (κ1) is 29.2. The summed E-state index contributed by atoms with van der Waals surface area (Å²) in [5, 5.41) is 11.9. The fourth-order valence-electron chi connectivity index (χ4n) is 5.97.